The predicted molar refractivity (Wildman–Crippen MR) is 74.1 cm³/mol. The Morgan fingerprint density at radius 1 is 1.16 bits per heavy atom. The summed E-state index contributed by atoms with van der Waals surface area (Å²) in [6, 6.07) is 2.66. The number of halogens is 2. The number of rotatable bonds is 4. The zero-order valence-corrected chi connectivity index (χ0v) is 11.5. The van der Waals surface area contributed by atoms with Gasteiger partial charge in [-0.2, -0.15) is 0 Å². The molecule has 2 N–H and O–H groups in total. The van der Waals surface area contributed by atoms with Crippen LogP contribution in [0.2, 0.25) is 0 Å². The summed E-state index contributed by atoms with van der Waals surface area (Å²) in [7, 11) is 1.76. The topological polar surface area (TPSA) is 29.3 Å². The summed E-state index contributed by atoms with van der Waals surface area (Å²) in [4.78, 5) is 1.71. The third-order valence-electron chi connectivity index (χ3n) is 3.95. The van der Waals surface area contributed by atoms with Crippen molar-refractivity contribution in [2.24, 2.45) is 11.7 Å². The van der Waals surface area contributed by atoms with Crippen LogP contribution in [0.3, 0.4) is 0 Å². The minimum atomic E-state index is -0.515. The fourth-order valence-electron chi connectivity index (χ4n) is 2.95. The first-order valence-electron chi connectivity index (χ1n) is 7.01. The Hall–Kier alpha value is -1.16. The molecule has 0 spiro atoms. The van der Waals surface area contributed by atoms with E-state index in [-0.39, 0.29) is 12.2 Å². The molecule has 0 heterocycles. The highest BCUT2D eigenvalue weighted by molar-refractivity contribution is 5.50. The highest BCUT2D eigenvalue weighted by atomic mass is 19.1. The summed E-state index contributed by atoms with van der Waals surface area (Å²) in [6.45, 7) is 0.871. The number of anilines is 1. The molecule has 0 aliphatic heterocycles. The summed E-state index contributed by atoms with van der Waals surface area (Å²) < 4.78 is 27.9. The van der Waals surface area contributed by atoms with Crippen LogP contribution in [0.25, 0.3) is 0 Å². The molecule has 1 aromatic rings. The summed E-state index contributed by atoms with van der Waals surface area (Å²) >= 11 is 0. The normalized spacial score (nSPS) is 16.6. The van der Waals surface area contributed by atoms with E-state index in [0.29, 0.717) is 11.5 Å². The van der Waals surface area contributed by atoms with Gasteiger partial charge in [0.1, 0.15) is 17.3 Å². The van der Waals surface area contributed by atoms with Crippen molar-refractivity contribution in [1.29, 1.82) is 0 Å². The maximum Gasteiger partial charge on any atom is 0.149 e. The van der Waals surface area contributed by atoms with E-state index in [1.165, 1.54) is 31.4 Å². The Bertz CT molecular complexity index is 405. The van der Waals surface area contributed by atoms with Crippen LogP contribution in [0.15, 0.2) is 12.1 Å². The van der Waals surface area contributed by atoms with Crippen LogP contribution in [0.5, 0.6) is 0 Å². The summed E-state index contributed by atoms with van der Waals surface area (Å²) in [5.74, 6) is -0.482. The molecule has 0 atom stereocenters. The van der Waals surface area contributed by atoms with Gasteiger partial charge in [-0.15, -0.1) is 0 Å². The minimum Gasteiger partial charge on any atom is -0.370 e. The van der Waals surface area contributed by atoms with Crippen LogP contribution in [0.1, 0.15) is 37.7 Å². The average molecular weight is 268 g/mol. The van der Waals surface area contributed by atoms with Crippen LogP contribution in [0.4, 0.5) is 14.5 Å². The van der Waals surface area contributed by atoms with Crippen molar-refractivity contribution in [3.8, 4) is 0 Å². The van der Waals surface area contributed by atoms with E-state index in [9.17, 15) is 8.78 Å². The van der Waals surface area contributed by atoms with Gasteiger partial charge in [0.15, 0.2) is 0 Å². The monoisotopic (exact) mass is 268 g/mol. The highest BCUT2D eigenvalue weighted by Gasteiger charge is 2.20. The molecule has 1 saturated carbocycles. The van der Waals surface area contributed by atoms with Crippen molar-refractivity contribution in [1.82, 2.24) is 0 Å². The molecule has 1 fully saturated rings. The number of benzene rings is 1. The summed E-state index contributed by atoms with van der Waals surface area (Å²) in [6.07, 6.45) is 6.07. The Morgan fingerprint density at radius 3 is 2.26 bits per heavy atom. The van der Waals surface area contributed by atoms with Gasteiger partial charge in [0, 0.05) is 20.1 Å². The number of nitrogens with zero attached hydrogens (tertiary/aromatic N) is 1. The van der Waals surface area contributed by atoms with Gasteiger partial charge < -0.3 is 10.6 Å². The summed E-state index contributed by atoms with van der Waals surface area (Å²) in [5.41, 5.74) is 5.98. The fraction of sp³-hybridized carbons (Fsp3) is 0.600. The molecular formula is C15H22F2N2. The first kappa shape index (κ1) is 14.3. The van der Waals surface area contributed by atoms with E-state index < -0.39 is 11.6 Å². The molecule has 0 aromatic heterocycles. The maximum absolute atomic E-state index is 14.0. The third kappa shape index (κ3) is 3.44. The Morgan fingerprint density at radius 2 is 1.74 bits per heavy atom. The zero-order chi connectivity index (χ0) is 13.8. The second-order valence-corrected chi connectivity index (χ2v) is 5.50. The quantitative estimate of drug-likeness (QED) is 0.906. The molecule has 0 amide bonds. The van der Waals surface area contributed by atoms with Gasteiger partial charge in [-0.3, -0.25) is 0 Å². The molecule has 0 bridgehead atoms. The Labute approximate surface area is 113 Å². The van der Waals surface area contributed by atoms with Crippen molar-refractivity contribution < 1.29 is 8.78 Å². The highest BCUT2D eigenvalue weighted by Crippen LogP contribution is 2.29. The number of nitrogens with two attached hydrogens (primary N) is 1. The average Bonchev–Trinajstić information content (AvgIpc) is 2.38. The van der Waals surface area contributed by atoms with Gasteiger partial charge in [-0.1, -0.05) is 19.3 Å². The second-order valence-electron chi connectivity index (χ2n) is 5.50. The largest absolute Gasteiger partial charge is 0.370 e. The molecule has 0 unspecified atom stereocenters. The molecule has 2 nitrogen and oxygen atoms in total. The summed E-state index contributed by atoms with van der Waals surface area (Å²) in [5, 5.41) is 0. The Kier molecular flexibility index (Phi) is 4.75. The van der Waals surface area contributed by atoms with E-state index in [0.717, 1.165) is 19.4 Å². The van der Waals surface area contributed by atoms with Gasteiger partial charge in [0.2, 0.25) is 0 Å². The molecule has 1 aliphatic carbocycles. The fourth-order valence-corrected chi connectivity index (χ4v) is 2.95. The van der Waals surface area contributed by atoms with Gasteiger partial charge in [0.25, 0.3) is 0 Å². The van der Waals surface area contributed by atoms with Gasteiger partial charge >= 0.3 is 0 Å². The predicted octanol–water partition coefficient (Wildman–Crippen LogP) is 3.44. The van der Waals surface area contributed by atoms with E-state index in [1.807, 2.05) is 0 Å². The molecule has 2 rings (SSSR count). The second kappa shape index (κ2) is 6.33. The van der Waals surface area contributed by atoms with Crippen molar-refractivity contribution in [2.75, 3.05) is 18.5 Å². The lowest BCUT2D eigenvalue weighted by Gasteiger charge is -2.29. The van der Waals surface area contributed by atoms with Gasteiger partial charge in [0.05, 0.1) is 0 Å². The molecule has 0 radical (unpaired) electrons. The standard InChI is InChI=1S/C15H22F2N2/c1-19(10-11-5-3-2-4-6-11)15-13(16)7-12(9-18)8-14(15)17/h7-8,11H,2-6,9-10,18H2,1H3. The Balaban J connectivity index is 2.11. The lowest BCUT2D eigenvalue weighted by atomic mass is 9.89. The molecule has 0 saturated heterocycles. The lowest BCUT2D eigenvalue weighted by molar-refractivity contribution is 0.360. The molecule has 4 heteroatoms. The van der Waals surface area contributed by atoms with Crippen LogP contribution >= 0.6 is 0 Å². The van der Waals surface area contributed by atoms with Crippen molar-refractivity contribution in [3.05, 3.63) is 29.3 Å². The third-order valence-corrected chi connectivity index (χ3v) is 3.95. The van der Waals surface area contributed by atoms with Gasteiger partial charge in [-0.25, -0.2) is 8.78 Å². The van der Waals surface area contributed by atoms with Crippen LogP contribution in [-0.4, -0.2) is 13.6 Å². The first-order chi connectivity index (χ1) is 9.11. The molecule has 19 heavy (non-hydrogen) atoms. The van der Waals surface area contributed by atoms with Crippen LogP contribution in [0, 0.1) is 17.6 Å². The van der Waals surface area contributed by atoms with Crippen LogP contribution in [-0.2, 0) is 6.54 Å². The maximum atomic E-state index is 14.0. The zero-order valence-electron chi connectivity index (χ0n) is 11.5. The van der Waals surface area contributed by atoms with E-state index >= 15 is 0 Å². The van der Waals surface area contributed by atoms with E-state index in [2.05, 4.69) is 0 Å². The van der Waals surface area contributed by atoms with Crippen molar-refractivity contribution >= 4 is 5.69 Å². The van der Waals surface area contributed by atoms with Gasteiger partial charge in [-0.05, 0) is 36.5 Å². The number of hydrogen-bond acceptors (Lipinski definition) is 2. The first-order valence-corrected chi connectivity index (χ1v) is 7.01. The van der Waals surface area contributed by atoms with Crippen molar-refractivity contribution in [3.63, 3.8) is 0 Å². The lowest BCUT2D eigenvalue weighted by Crippen LogP contribution is -2.28. The van der Waals surface area contributed by atoms with Crippen molar-refractivity contribution in [2.45, 2.75) is 38.6 Å². The number of hydrogen-bond donors (Lipinski definition) is 1. The SMILES string of the molecule is CN(CC1CCCCC1)c1c(F)cc(CN)cc1F. The molecule has 1 aliphatic rings. The van der Waals surface area contributed by atoms with E-state index in [1.54, 1.807) is 11.9 Å². The molecule has 106 valence electrons. The molecular weight excluding hydrogens is 246 g/mol. The minimum absolute atomic E-state index is 0.0720. The van der Waals surface area contributed by atoms with Crippen LogP contribution < -0.4 is 10.6 Å². The smallest absolute Gasteiger partial charge is 0.149 e. The molecule has 1 aromatic carbocycles. The van der Waals surface area contributed by atoms with E-state index in [4.69, 9.17) is 5.73 Å².